The fraction of sp³-hybridized carbons (Fsp3) is 0. The van der Waals surface area contributed by atoms with Gasteiger partial charge in [0, 0.05) is 71.3 Å². The van der Waals surface area contributed by atoms with Gasteiger partial charge in [-0.25, -0.2) is 9.59 Å². The molecule has 2 N–H and O–H groups in total. The predicted octanol–water partition coefficient (Wildman–Crippen LogP) is -1.05. The van der Waals surface area contributed by atoms with E-state index >= 15 is 0 Å². The number of carboxylic acids is 2. The van der Waals surface area contributed by atoms with Crippen LogP contribution in [0.15, 0.2) is 12.2 Å². The van der Waals surface area contributed by atoms with Crippen molar-refractivity contribution in [2.75, 3.05) is 0 Å². The molecule has 0 aliphatic carbocycles. The van der Waals surface area contributed by atoms with Gasteiger partial charge in [-0.15, -0.1) is 0 Å². The Morgan fingerprint density at radius 3 is 1.20 bits per heavy atom. The van der Waals surface area contributed by atoms with Crippen LogP contribution in [0, 0.1) is 0 Å². The summed E-state index contributed by atoms with van der Waals surface area (Å²) >= 11 is 0. The van der Waals surface area contributed by atoms with Crippen molar-refractivity contribution in [2.45, 2.75) is 0 Å². The maximum atomic E-state index is 9.55. The van der Waals surface area contributed by atoms with Crippen molar-refractivity contribution in [3.63, 3.8) is 0 Å². The molecule has 6 heteroatoms. The zero-order valence-electron chi connectivity index (χ0n) is 5.87. The van der Waals surface area contributed by atoms with Gasteiger partial charge < -0.3 is 10.2 Å². The van der Waals surface area contributed by atoms with Crippen LogP contribution in [0.3, 0.4) is 0 Å². The standard InChI is InChI=1S/C4H4O4.2Na/c5-3(6)1-2-4(7)8;;/h1-2H,(H,5,6)(H,7,8);;/b2-1+;;. The smallest absolute Gasteiger partial charge is 0.328 e. The van der Waals surface area contributed by atoms with Crippen molar-refractivity contribution in [1.29, 1.82) is 0 Å². The van der Waals surface area contributed by atoms with E-state index in [1.165, 1.54) is 0 Å². The fourth-order valence-corrected chi connectivity index (χ4v) is 0.143. The Kier molecular flexibility index (Phi) is 16.4. The van der Waals surface area contributed by atoms with Crippen molar-refractivity contribution in [3.8, 4) is 0 Å². The van der Waals surface area contributed by atoms with Crippen LogP contribution in [0.25, 0.3) is 0 Å². The van der Waals surface area contributed by atoms with Crippen molar-refractivity contribution in [2.24, 2.45) is 0 Å². The Hall–Kier alpha value is 0.680. The van der Waals surface area contributed by atoms with Gasteiger partial charge >= 0.3 is 11.9 Å². The first-order valence-corrected chi connectivity index (χ1v) is 1.77. The van der Waals surface area contributed by atoms with Gasteiger partial charge in [0.2, 0.25) is 0 Å². The van der Waals surface area contributed by atoms with Gasteiger partial charge in [0.1, 0.15) is 0 Å². The molecule has 0 unspecified atom stereocenters. The first-order valence-electron chi connectivity index (χ1n) is 1.77. The van der Waals surface area contributed by atoms with Crippen LogP contribution in [0.1, 0.15) is 0 Å². The Morgan fingerprint density at radius 1 is 0.900 bits per heavy atom. The predicted molar refractivity (Wildman–Crippen MR) is 35.9 cm³/mol. The van der Waals surface area contributed by atoms with E-state index in [9.17, 15) is 9.59 Å². The fourth-order valence-electron chi connectivity index (χ4n) is 0.143. The molecule has 0 aliphatic rings. The zero-order valence-corrected chi connectivity index (χ0v) is 9.87. The minimum absolute atomic E-state index is 0. The minimum atomic E-state index is -1.26. The van der Waals surface area contributed by atoms with E-state index in [4.69, 9.17) is 10.2 Å². The van der Waals surface area contributed by atoms with Gasteiger partial charge in [-0.1, -0.05) is 0 Å². The second-order valence-electron chi connectivity index (χ2n) is 1.01. The normalized spacial score (nSPS) is 7.60. The SMILES string of the molecule is O=C(O)/C=C/C(=O)O.[Na].[Na]. The van der Waals surface area contributed by atoms with E-state index < -0.39 is 11.9 Å². The molecule has 2 radical (unpaired) electrons. The average Bonchev–Trinajstić information content (AvgIpc) is 1.61. The maximum Gasteiger partial charge on any atom is 0.328 e. The molecule has 0 aliphatic heterocycles. The summed E-state index contributed by atoms with van der Waals surface area (Å²) < 4.78 is 0. The van der Waals surface area contributed by atoms with Crippen molar-refractivity contribution in [3.05, 3.63) is 12.2 Å². The van der Waals surface area contributed by atoms with E-state index in [1.54, 1.807) is 0 Å². The van der Waals surface area contributed by atoms with Gasteiger partial charge in [-0.05, 0) is 0 Å². The van der Waals surface area contributed by atoms with Crippen LogP contribution in [-0.2, 0) is 9.59 Å². The van der Waals surface area contributed by atoms with Crippen LogP contribution in [-0.4, -0.2) is 81.3 Å². The summed E-state index contributed by atoms with van der Waals surface area (Å²) in [5.41, 5.74) is 0. The Bertz CT molecular complexity index is 126. The zero-order chi connectivity index (χ0) is 6.57. The van der Waals surface area contributed by atoms with Gasteiger partial charge in [0.25, 0.3) is 0 Å². The Balaban J connectivity index is -0.000000245. The summed E-state index contributed by atoms with van der Waals surface area (Å²) in [5, 5.41) is 15.6. The molecular weight excluding hydrogens is 158 g/mol. The molecule has 0 heterocycles. The largest absolute Gasteiger partial charge is 0.478 e. The molecule has 0 atom stereocenters. The molecule has 0 aromatic rings. The number of hydrogen-bond donors (Lipinski definition) is 2. The van der Waals surface area contributed by atoms with Crippen LogP contribution >= 0.6 is 0 Å². The summed E-state index contributed by atoms with van der Waals surface area (Å²) in [6, 6.07) is 0. The van der Waals surface area contributed by atoms with Crippen molar-refractivity contribution < 1.29 is 19.8 Å². The van der Waals surface area contributed by atoms with Gasteiger partial charge in [0.05, 0.1) is 0 Å². The third kappa shape index (κ3) is 15.9. The quantitative estimate of drug-likeness (QED) is 0.401. The second kappa shape index (κ2) is 9.68. The number of carboxylic acid groups (broad SMARTS) is 2. The molecule has 4 nitrogen and oxygen atoms in total. The summed E-state index contributed by atoms with van der Waals surface area (Å²) in [7, 11) is 0. The first kappa shape index (κ1) is 17.0. The van der Waals surface area contributed by atoms with E-state index in [2.05, 4.69) is 0 Å². The molecule has 0 aromatic heterocycles. The van der Waals surface area contributed by atoms with Crippen molar-refractivity contribution >= 4 is 71.1 Å². The number of carbonyl (C=O) groups is 2. The molecule has 0 rings (SSSR count). The van der Waals surface area contributed by atoms with Crippen LogP contribution < -0.4 is 0 Å². The van der Waals surface area contributed by atoms with Gasteiger partial charge in [-0.2, -0.15) is 0 Å². The minimum Gasteiger partial charge on any atom is -0.478 e. The van der Waals surface area contributed by atoms with Crippen LogP contribution in [0.5, 0.6) is 0 Å². The molecular formula is C4H4Na2O4. The van der Waals surface area contributed by atoms with Gasteiger partial charge in [-0.3, -0.25) is 0 Å². The van der Waals surface area contributed by atoms with E-state index in [0.29, 0.717) is 12.2 Å². The molecule has 0 saturated carbocycles. The average molecular weight is 162 g/mol. The Labute approximate surface area is 102 Å². The third-order valence-corrected chi connectivity index (χ3v) is 0.368. The second-order valence-corrected chi connectivity index (χ2v) is 1.01. The summed E-state index contributed by atoms with van der Waals surface area (Å²) in [5.74, 6) is -2.51. The molecule has 10 heavy (non-hydrogen) atoms. The number of hydrogen-bond acceptors (Lipinski definition) is 2. The van der Waals surface area contributed by atoms with Crippen molar-refractivity contribution in [1.82, 2.24) is 0 Å². The molecule has 0 fully saturated rings. The first-order chi connectivity index (χ1) is 3.63. The Morgan fingerprint density at radius 2 is 1.10 bits per heavy atom. The van der Waals surface area contributed by atoms with E-state index in [0.717, 1.165) is 0 Å². The molecule has 0 bridgehead atoms. The van der Waals surface area contributed by atoms with Gasteiger partial charge in [0.15, 0.2) is 0 Å². The number of rotatable bonds is 2. The van der Waals surface area contributed by atoms with Crippen LogP contribution in [0.4, 0.5) is 0 Å². The molecule has 0 amide bonds. The molecule has 0 spiro atoms. The maximum absolute atomic E-state index is 9.55. The monoisotopic (exact) mass is 162 g/mol. The third-order valence-electron chi connectivity index (χ3n) is 0.368. The van der Waals surface area contributed by atoms with Crippen LogP contribution in [0.2, 0.25) is 0 Å². The topological polar surface area (TPSA) is 74.6 Å². The number of aliphatic carboxylic acids is 2. The van der Waals surface area contributed by atoms with E-state index in [1.807, 2.05) is 0 Å². The summed E-state index contributed by atoms with van der Waals surface area (Å²) in [6.07, 6.45) is 1.12. The molecule has 46 valence electrons. The van der Waals surface area contributed by atoms with E-state index in [-0.39, 0.29) is 59.1 Å². The summed E-state index contributed by atoms with van der Waals surface area (Å²) in [4.78, 5) is 19.1. The summed E-state index contributed by atoms with van der Waals surface area (Å²) in [6.45, 7) is 0. The molecule has 0 saturated heterocycles. The molecule has 0 aromatic carbocycles.